The van der Waals surface area contributed by atoms with Crippen molar-refractivity contribution in [3.8, 4) is 17.2 Å². The number of fused-ring (bicyclic) bond motifs is 1. The van der Waals surface area contributed by atoms with Gasteiger partial charge in [0.25, 0.3) is 5.91 Å². The number of hydrogen-bond donors (Lipinski definition) is 1. The predicted molar refractivity (Wildman–Crippen MR) is 127 cm³/mol. The molecule has 2 aliphatic heterocycles. The highest BCUT2D eigenvalue weighted by Crippen LogP contribution is 2.35. The molecule has 4 rings (SSSR count). The van der Waals surface area contributed by atoms with E-state index in [4.69, 9.17) is 18.9 Å². The second-order valence-corrected chi connectivity index (χ2v) is 8.99. The molecule has 1 amide bonds. The number of hydrogen-bond acceptors (Lipinski definition) is 7. The summed E-state index contributed by atoms with van der Waals surface area (Å²) in [5.41, 5.74) is 4.41. The minimum absolute atomic E-state index is 0.143. The van der Waals surface area contributed by atoms with Crippen LogP contribution in [0, 0.1) is 3.57 Å². The molecule has 1 fully saturated rings. The third kappa shape index (κ3) is 6.09. The van der Waals surface area contributed by atoms with Crippen LogP contribution in [0.4, 0.5) is 0 Å². The smallest absolute Gasteiger partial charge is 0.254 e. The highest BCUT2D eigenvalue weighted by Gasteiger charge is 2.15. The summed E-state index contributed by atoms with van der Waals surface area (Å²) in [7, 11) is 0. The maximum atomic E-state index is 12.0. The van der Waals surface area contributed by atoms with Crippen molar-refractivity contribution < 1.29 is 23.7 Å². The van der Waals surface area contributed by atoms with Gasteiger partial charge >= 0.3 is 0 Å². The zero-order chi connectivity index (χ0) is 21.6. The summed E-state index contributed by atoms with van der Waals surface area (Å²) in [5, 5.41) is 4.07. The molecule has 2 aromatic carbocycles. The van der Waals surface area contributed by atoms with Gasteiger partial charge in [-0.2, -0.15) is 5.10 Å². The van der Waals surface area contributed by atoms with E-state index in [-0.39, 0.29) is 12.7 Å². The van der Waals surface area contributed by atoms with Crippen molar-refractivity contribution in [1.82, 2.24) is 10.3 Å². The van der Waals surface area contributed by atoms with Gasteiger partial charge < -0.3 is 18.9 Å². The molecule has 0 saturated carbocycles. The van der Waals surface area contributed by atoms with E-state index in [0.29, 0.717) is 26.4 Å². The van der Waals surface area contributed by atoms with Crippen LogP contribution in [0.25, 0.3) is 0 Å². The molecule has 1 N–H and O–H groups in total. The summed E-state index contributed by atoms with van der Waals surface area (Å²) < 4.78 is 23.8. The van der Waals surface area contributed by atoms with Gasteiger partial charge in [0.15, 0.2) is 11.5 Å². The molecular formula is C21H21BrIN3O5. The van der Waals surface area contributed by atoms with Gasteiger partial charge in [-0.25, -0.2) is 5.43 Å². The van der Waals surface area contributed by atoms with Crippen LogP contribution >= 0.6 is 38.5 Å². The normalized spacial score (nSPS) is 15.9. The number of carbonyl (C=O) groups is 1. The van der Waals surface area contributed by atoms with Gasteiger partial charge in [-0.3, -0.25) is 9.69 Å². The zero-order valence-electron chi connectivity index (χ0n) is 16.6. The van der Waals surface area contributed by atoms with Crippen LogP contribution in [0.1, 0.15) is 11.1 Å². The lowest BCUT2D eigenvalue weighted by atomic mass is 10.2. The van der Waals surface area contributed by atoms with Crippen molar-refractivity contribution >= 4 is 50.6 Å². The fraction of sp³-hybridized carbons (Fsp3) is 0.333. The molecule has 0 bridgehead atoms. The van der Waals surface area contributed by atoms with Crippen LogP contribution in [0.5, 0.6) is 17.2 Å². The van der Waals surface area contributed by atoms with Crippen molar-refractivity contribution in [3.05, 3.63) is 49.5 Å². The number of morpholine rings is 1. The molecule has 2 aliphatic rings. The largest absolute Gasteiger partial charge is 0.487 e. The molecule has 1 saturated heterocycles. The van der Waals surface area contributed by atoms with Crippen LogP contribution in [0.2, 0.25) is 0 Å². The van der Waals surface area contributed by atoms with Crippen molar-refractivity contribution in [1.29, 1.82) is 0 Å². The van der Waals surface area contributed by atoms with E-state index in [2.05, 4.69) is 49.0 Å². The molecule has 164 valence electrons. The highest BCUT2D eigenvalue weighted by atomic mass is 127. The first-order chi connectivity index (χ1) is 15.1. The first-order valence-electron chi connectivity index (χ1n) is 9.71. The molecule has 0 unspecified atom stereocenters. The Morgan fingerprint density at radius 1 is 1.23 bits per heavy atom. The molecule has 0 radical (unpaired) electrons. The lowest BCUT2D eigenvalue weighted by Crippen LogP contribution is -2.42. The van der Waals surface area contributed by atoms with E-state index in [1.807, 2.05) is 35.2 Å². The molecule has 0 spiro atoms. The molecule has 0 aromatic heterocycles. The predicted octanol–water partition coefficient (Wildman–Crippen LogP) is 3.14. The van der Waals surface area contributed by atoms with Gasteiger partial charge in [0, 0.05) is 13.1 Å². The average molecular weight is 602 g/mol. The van der Waals surface area contributed by atoms with Gasteiger partial charge in [-0.05, 0) is 73.9 Å². The Morgan fingerprint density at radius 2 is 2.03 bits per heavy atom. The average Bonchev–Trinajstić information content (AvgIpc) is 3.22. The van der Waals surface area contributed by atoms with Crippen LogP contribution in [-0.4, -0.2) is 56.7 Å². The van der Waals surface area contributed by atoms with E-state index in [1.54, 1.807) is 6.21 Å². The Balaban J connectivity index is 1.32. The zero-order valence-corrected chi connectivity index (χ0v) is 20.3. The number of halogens is 2. The highest BCUT2D eigenvalue weighted by molar-refractivity contribution is 14.1. The minimum atomic E-state index is -0.143. The van der Waals surface area contributed by atoms with Crippen molar-refractivity contribution in [2.24, 2.45) is 5.10 Å². The van der Waals surface area contributed by atoms with Crippen LogP contribution in [0.15, 0.2) is 39.9 Å². The van der Waals surface area contributed by atoms with Gasteiger partial charge in [-0.1, -0.05) is 6.07 Å². The van der Waals surface area contributed by atoms with Gasteiger partial charge in [-0.15, -0.1) is 0 Å². The number of hydrazone groups is 1. The third-order valence-electron chi connectivity index (χ3n) is 4.71. The maximum Gasteiger partial charge on any atom is 0.254 e. The first kappa shape index (κ1) is 22.3. The number of nitrogens with one attached hydrogen (secondary N) is 1. The fourth-order valence-electron chi connectivity index (χ4n) is 3.15. The molecule has 31 heavy (non-hydrogen) atoms. The van der Waals surface area contributed by atoms with Gasteiger partial charge in [0.2, 0.25) is 6.79 Å². The monoisotopic (exact) mass is 601 g/mol. The fourth-order valence-corrected chi connectivity index (χ4v) is 4.92. The Kier molecular flexibility index (Phi) is 7.64. The SMILES string of the molecule is O=C(CN1CCOCC1)N/N=C/c1cc(Br)c(OCc2ccc3c(c2)OCO3)c(I)c1. The molecule has 2 aromatic rings. The lowest BCUT2D eigenvalue weighted by Gasteiger charge is -2.25. The lowest BCUT2D eigenvalue weighted by molar-refractivity contribution is -0.123. The molecule has 0 aliphatic carbocycles. The second-order valence-electron chi connectivity index (χ2n) is 6.97. The topological polar surface area (TPSA) is 81.6 Å². The van der Waals surface area contributed by atoms with Crippen molar-refractivity contribution in [2.75, 3.05) is 39.6 Å². The van der Waals surface area contributed by atoms with E-state index in [9.17, 15) is 4.79 Å². The summed E-state index contributed by atoms with van der Waals surface area (Å²) in [4.78, 5) is 14.1. The Bertz CT molecular complexity index is 958. The van der Waals surface area contributed by atoms with E-state index in [1.165, 1.54) is 0 Å². The summed E-state index contributed by atoms with van der Waals surface area (Å²) in [6, 6.07) is 9.60. The first-order valence-corrected chi connectivity index (χ1v) is 11.6. The second kappa shape index (κ2) is 10.6. The molecule has 0 atom stereocenters. The van der Waals surface area contributed by atoms with Crippen molar-refractivity contribution in [2.45, 2.75) is 6.61 Å². The summed E-state index contributed by atoms with van der Waals surface area (Å²) in [6.45, 7) is 3.80. The van der Waals surface area contributed by atoms with E-state index < -0.39 is 0 Å². The van der Waals surface area contributed by atoms with Gasteiger partial charge in [0.05, 0.1) is 34.0 Å². The van der Waals surface area contributed by atoms with Crippen LogP contribution in [0.3, 0.4) is 0 Å². The van der Waals surface area contributed by atoms with Crippen molar-refractivity contribution in [3.63, 3.8) is 0 Å². The Morgan fingerprint density at radius 3 is 2.84 bits per heavy atom. The number of rotatable bonds is 7. The standard InChI is InChI=1S/C21H21BrIN3O5/c22-16-7-15(10-24-25-20(27)11-26-3-5-28-6-4-26)8-17(23)21(16)29-12-14-1-2-18-19(9-14)31-13-30-18/h1-2,7-10H,3-6,11-13H2,(H,25,27)/b24-10+. The molecule has 10 heteroatoms. The number of carbonyl (C=O) groups excluding carboxylic acids is 1. The number of ether oxygens (including phenoxy) is 4. The third-order valence-corrected chi connectivity index (χ3v) is 6.10. The number of benzene rings is 2. The number of nitrogens with zero attached hydrogens (tertiary/aromatic N) is 2. The summed E-state index contributed by atoms with van der Waals surface area (Å²) in [6.07, 6.45) is 1.62. The quantitative estimate of drug-likeness (QED) is 0.298. The minimum Gasteiger partial charge on any atom is -0.487 e. The molecule has 8 nitrogen and oxygen atoms in total. The van der Waals surface area contributed by atoms with E-state index in [0.717, 1.165) is 49.5 Å². The van der Waals surface area contributed by atoms with Crippen LogP contribution in [-0.2, 0) is 16.1 Å². The van der Waals surface area contributed by atoms with Crippen LogP contribution < -0.4 is 19.6 Å². The summed E-state index contributed by atoms with van der Waals surface area (Å²) in [5.74, 6) is 2.08. The van der Waals surface area contributed by atoms with E-state index >= 15 is 0 Å². The summed E-state index contributed by atoms with van der Waals surface area (Å²) >= 11 is 5.78. The molecule has 2 heterocycles. The molecular weight excluding hydrogens is 581 g/mol. The Labute approximate surface area is 202 Å². The Hall–Kier alpha value is -1.89. The van der Waals surface area contributed by atoms with Gasteiger partial charge in [0.1, 0.15) is 12.4 Å². The number of amides is 1. The maximum absolute atomic E-state index is 12.0.